The first-order valence-corrected chi connectivity index (χ1v) is 14.8. The molecule has 38 heavy (non-hydrogen) atoms. The molecule has 0 saturated heterocycles. The third kappa shape index (κ3) is 5.71. The van der Waals surface area contributed by atoms with Gasteiger partial charge in [-0.25, -0.2) is 8.42 Å². The second-order valence-corrected chi connectivity index (χ2v) is 12.1. The van der Waals surface area contributed by atoms with E-state index < -0.39 is 10.1 Å². The van der Waals surface area contributed by atoms with Crippen LogP contribution in [0.2, 0.25) is 0 Å². The molecule has 4 nitrogen and oxygen atoms in total. The van der Waals surface area contributed by atoms with E-state index in [0.29, 0.717) is 0 Å². The van der Waals surface area contributed by atoms with Gasteiger partial charge in [-0.05, 0) is 60.7 Å². The van der Waals surface area contributed by atoms with Gasteiger partial charge in [0.15, 0.2) is 14.7 Å². The number of fused-ring (bicyclic) bond motifs is 2. The van der Waals surface area contributed by atoms with Crippen LogP contribution in [0.1, 0.15) is 0 Å². The lowest BCUT2D eigenvalue weighted by molar-refractivity contribution is 0.463. The summed E-state index contributed by atoms with van der Waals surface area (Å²) in [5.41, 5.74) is 1.66. The summed E-state index contributed by atoms with van der Waals surface area (Å²) in [4.78, 5) is 3.63. The van der Waals surface area contributed by atoms with Crippen LogP contribution in [0.25, 0.3) is 21.9 Å². The smallest absolute Gasteiger partial charge is 0.167 e. The molecule has 6 aromatic rings. The highest BCUT2D eigenvalue weighted by molar-refractivity contribution is 7.97. The van der Waals surface area contributed by atoms with Gasteiger partial charge in [0, 0.05) is 16.8 Å². The minimum absolute atomic E-state index is 0.185. The number of benzene rings is 5. The molecule has 1 heterocycles. The standard InChI is InChI=1S/C25H17OS2.C6H6O3S/c27-25-21-13-7-8-14-23(21)26-24-16-15-20(17-22(24)25)28(18-9-3-1-4-10-18)19-11-5-2-6-12-19;7-10(8,9)6-4-2-1-3-5-6/h1-17H;1-5H,(H,7,8,9)/q+1;/p-1. The van der Waals surface area contributed by atoms with Crippen LogP contribution < -0.4 is 0 Å². The van der Waals surface area contributed by atoms with Crippen molar-refractivity contribution in [1.29, 1.82) is 0 Å². The zero-order valence-electron chi connectivity index (χ0n) is 20.1. The van der Waals surface area contributed by atoms with Crippen LogP contribution in [0, 0.1) is 4.51 Å². The maximum absolute atomic E-state index is 10.3. The molecule has 5 aromatic carbocycles. The Kier molecular flexibility index (Phi) is 7.72. The second kappa shape index (κ2) is 11.3. The van der Waals surface area contributed by atoms with Crippen LogP contribution in [0.15, 0.2) is 157 Å². The molecule has 0 aliphatic heterocycles. The predicted molar refractivity (Wildman–Crippen MR) is 154 cm³/mol. The van der Waals surface area contributed by atoms with Crippen molar-refractivity contribution < 1.29 is 17.4 Å². The Morgan fingerprint density at radius 3 is 1.63 bits per heavy atom. The average molecular weight is 555 g/mol. The van der Waals surface area contributed by atoms with E-state index in [1.807, 2.05) is 24.3 Å². The number of hydrogen-bond donors (Lipinski definition) is 0. The van der Waals surface area contributed by atoms with Crippen molar-refractivity contribution >= 4 is 55.2 Å². The van der Waals surface area contributed by atoms with E-state index in [1.54, 1.807) is 6.07 Å². The summed E-state index contributed by atoms with van der Waals surface area (Å²) < 4.78 is 37.8. The van der Waals surface area contributed by atoms with Crippen LogP contribution >= 0.6 is 12.2 Å². The molecular weight excluding hydrogens is 533 g/mol. The van der Waals surface area contributed by atoms with E-state index in [0.717, 1.165) is 26.4 Å². The molecular formula is C31H22O4S3. The summed E-state index contributed by atoms with van der Waals surface area (Å²) in [7, 11) is -4.45. The van der Waals surface area contributed by atoms with Gasteiger partial charge in [0.25, 0.3) is 0 Å². The van der Waals surface area contributed by atoms with Gasteiger partial charge in [-0.3, -0.25) is 0 Å². The van der Waals surface area contributed by atoms with Crippen molar-refractivity contribution in [3.05, 3.63) is 138 Å². The Morgan fingerprint density at radius 2 is 1.08 bits per heavy atom. The molecule has 0 radical (unpaired) electrons. The van der Waals surface area contributed by atoms with E-state index >= 15 is 0 Å². The Morgan fingerprint density at radius 1 is 0.579 bits per heavy atom. The summed E-state index contributed by atoms with van der Waals surface area (Å²) in [5.74, 6) is 0. The number of para-hydroxylation sites is 1. The van der Waals surface area contributed by atoms with E-state index in [4.69, 9.17) is 16.6 Å². The summed E-state index contributed by atoms with van der Waals surface area (Å²) in [6, 6.07) is 42.9. The molecule has 6 rings (SSSR count). The zero-order valence-corrected chi connectivity index (χ0v) is 22.5. The largest absolute Gasteiger partial charge is 0.744 e. The molecule has 0 aliphatic carbocycles. The minimum Gasteiger partial charge on any atom is -0.744 e. The summed E-state index contributed by atoms with van der Waals surface area (Å²) in [6.07, 6.45) is 0. The summed E-state index contributed by atoms with van der Waals surface area (Å²) in [6.45, 7) is 0. The first-order chi connectivity index (χ1) is 18.4. The Bertz CT molecular complexity index is 1810. The molecule has 0 N–H and O–H groups in total. The van der Waals surface area contributed by atoms with Crippen molar-refractivity contribution in [2.45, 2.75) is 19.6 Å². The van der Waals surface area contributed by atoms with Gasteiger partial charge < -0.3 is 8.97 Å². The third-order valence-electron chi connectivity index (χ3n) is 5.77. The lowest BCUT2D eigenvalue weighted by atomic mass is 10.1. The number of rotatable bonds is 4. The fourth-order valence-corrected chi connectivity index (χ4v) is 6.95. The molecule has 0 saturated carbocycles. The summed E-state index contributed by atoms with van der Waals surface area (Å²) >= 11 is 5.82. The van der Waals surface area contributed by atoms with Gasteiger partial charge in [-0.15, -0.1) is 0 Å². The normalized spacial score (nSPS) is 11.3. The first kappa shape index (κ1) is 25.9. The fourth-order valence-electron chi connectivity index (χ4n) is 4.02. The van der Waals surface area contributed by atoms with Crippen molar-refractivity contribution in [2.24, 2.45) is 0 Å². The van der Waals surface area contributed by atoms with Crippen molar-refractivity contribution in [3.63, 3.8) is 0 Å². The van der Waals surface area contributed by atoms with Crippen molar-refractivity contribution in [1.82, 2.24) is 0 Å². The number of hydrogen-bond acceptors (Lipinski definition) is 5. The van der Waals surface area contributed by atoms with Gasteiger partial charge in [0.1, 0.15) is 21.3 Å². The van der Waals surface area contributed by atoms with Crippen LogP contribution in [-0.4, -0.2) is 13.0 Å². The van der Waals surface area contributed by atoms with Gasteiger partial charge >= 0.3 is 0 Å². The van der Waals surface area contributed by atoms with Gasteiger partial charge in [0.2, 0.25) is 0 Å². The first-order valence-electron chi connectivity index (χ1n) is 11.7. The summed E-state index contributed by atoms with van der Waals surface area (Å²) in [5, 5.41) is 1.98. The lowest BCUT2D eigenvalue weighted by Gasteiger charge is -2.09. The van der Waals surface area contributed by atoms with E-state index in [1.165, 1.54) is 39.0 Å². The highest BCUT2D eigenvalue weighted by Crippen LogP contribution is 2.34. The molecule has 0 unspecified atom stereocenters. The monoisotopic (exact) mass is 554 g/mol. The van der Waals surface area contributed by atoms with E-state index in [-0.39, 0.29) is 15.8 Å². The maximum atomic E-state index is 10.3. The van der Waals surface area contributed by atoms with Crippen molar-refractivity contribution in [2.75, 3.05) is 0 Å². The SMILES string of the molecule is O=S(=O)([O-])c1ccccc1.S=c1c2ccccc2oc2ccc([S+](c3ccccc3)c3ccccc3)cc12. The predicted octanol–water partition coefficient (Wildman–Crippen LogP) is 8.00. The molecule has 0 atom stereocenters. The molecule has 188 valence electrons. The maximum Gasteiger partial charge on any atom is 0.167 e. The quantitative estimate of drug-likeness (QED) is 0.0956. The topological polar surface area (TPSA) is 70.3 Å². The van der Waals surface area contributed by atoms with Crippen LogP contribution in [-0.2, 0) is 21.0 Å². The fraction of sp³-hybridized carbons (Fsp3) is 0. The second-order valence-electron chi connectivity index (χ2n) is 8.28. The van der Waals surface area contributed by atoms with Gasteiger partial charge in [-0.2, -0.15) is 0 Å². The van der Waals surface area contributed by atoms with Crippen LogP contribution in [0.5, 0.6) is 0 Å². The molecule has 0 spiro atoms. The Hall–Kier alpha value is -3.75. The third-order valence-corrected chi connectivity index (χ3v) is 9.27. The molecule has 0 amide bonds. The molecule has 0 fully saturated rings. The van der Waals surface area contributed by atoms with Crippen LogP contribution in [0.3, 0.4) is 0 Å². The molecule has 7 heteroatoms. The minimum atomic E-state index is -4.25. The van der Waals surface area contributed by atoms with E-state index in [2.05, 4.69) is 78.9 Å². The van der Waals surface area contributed by atoms with Crippen LogP contribution in [0.4, 0.5) is 0 Å². The molecule has 0 bridgehead atoms. The van der Waals surface area contributed by atoms with E-state index in [9.17, 15) is 13.0 Å². The molecule has 1 aromatic heterocycles. The van der Waals surface area contributed by atoms with Gasteiger partial charge in [-0.1, -0.05) is 78.9 Å². The molecule has 0 aliphatic rings. The Labute approximate surface area is 229 Å². The highest BCUT2D eigenvalue weighted by atomic mass is 32.2. The van der Waals surface area contributed by atoms with Gasteiger partial charge in [0.05, 0.1) is 20.3 Å². The lowest BCUT2D eigenvalue weighted by Crippen LogP contribution is -2.04. The average Bonchev–Trinajstić information content (AvgIpc) is 2.95. The zero-order chi connectivity index (χ0) is 26.5. The van der Waals surface area contributed by atoms with Crippen molar-refractivity contribution in [3.8, 4) is 0 Å². The Balaban J connectivity index is 0.000000249. The highest BCUT2D eigenvalue weighted by Gasteiger charge is 2.28.